The second-order valence-electron chi connectivity index (χ2n) is 1.79. The van der Waals surface area contributed by atoms with Crippen molar-refractivity contribution in [1.29, 1.82) is 0 Å². The number of aromatic hydroxyl groups is 1. The van der Waals surface area contributed by atoms with E-state index in [0.717, 1.165) is 4.47 Å². The van der Waals surface area contributed by atoms with Crippen LogP contribution in [0.25, 0.3) is 0 Å². The van der Waals surface area contributed by atoms with Gasteiger partial charge in [0.25, 0.3) is 0 Å². The highest BCUT2D eigenvalue weighted by molar-refractivity contribution is 9.13. The van der Waals surface area contributed by atoms with Crippen LogP contribution in [0.4, 0.5) is 5.69 Å². The lowest BCUT2D eigenvalue weighted by Gasteiger charge is -2.01. The summed E-state index contributed by atoms with van der Waals surface area (Å²) in [4.78, 5) is 0. The Morgan fingerprint density at radius 2 is 1.90 bits per heavy atom. The van der Waals surface area contributed by atoms with Crippen LogP contribution < -0.4 is 5.73 Å². The van der Waals surface area contributed by atoms with Crippen LogP contribution in [0.2, 0.25) is 0 Å². The average molecular weight is 267 g/mol. The maximum atomic E-state index is 9.05. The molecule has 0 aliphatic carbocycles. The summed E-state index contributed by atoms with van der Waals surface area (Å²) in [6.45, 7) is 0. The predicted octanol–water partition coefficient (Wildman–Crippen LogP) is 2.50. The Bertz CT molecular complexity index is 235. The largest absolute Gasteiger partial charge is 0.506 e. The Labute approximate surface area is 75.3 Å². The molecule has 1 rings (SSSR count). The lowest BCUT2D eigenvalue weighted by Crippen LogP contribution is -1.87. The first kappa shape index (κ1) is 7.88. The van der Waals surface area contributed by atoms with Crippen molar-refractivity contribution < 1.29 is 5.11 Å². The second-order valence-corrected chi connectivity index (χ2v) is 3.44. The van der Waals surface area contributed by atoms with Gasteiger partial charge in [0.15, 0.2) is 0 Å². The smallest absolute Gasteiger partial charge is 0.139 e. The molecule has 10 heavy (non-hydrogen) atoms. The number of halogens is 2. The molecule has 2 nitrogen and oxygen atoms in total. The van der Waals surface area contributed by atoms with Crippen molar-refractivity contribution in [2.24, 2.45) is 0 Å². The third-order valence-electron chi connectivity index (χ3n) is 1.11. The predicted molar refractivity (Wildman–Crippen MR) is 47.9 cm³/mol. The summed E-state index contributed by atoms with van der Waals surface area (Å²) < 4.78 is 1.52. The SMILES string of the molecule is Nc1c(O)ccc(Br)c1Br. The summed E-state index contributed by atoms with van der Waals surface area (Å²) in [6.07, 6.45) is 0. The molecule has 54 valence electrons. The van der Waals surface area contributed by atoms with Gasteiger partial charge in [-0.05, 0) is 44.0 Å². The summed E-state index contributed by atoms with van der Waals surface area (Å²) in [6, 6.07) is 3.25. The van der Waals surface area contributed by atoms with Crippen molar-refractivity contribution >= 4 is 37.5 Å². The number of phenolic OH excluding ortho intramolecular Hbond substituents is 1. The summed E-state index contributed by atoms with van der Waals surface area (Å²) in [5.41, 5.74) is 5.81. The van der Waals surface area contributed by atoms with Gasteiger partial charge in [-0.3, -0.25) is 0 Å². The van der Waals surface area contributed by atoms with E-state index in [1.165, 1.54) is 6.07 Å². The van der Waals surface area contributed by atoms with E-state index < -0.39 is 0 Å². The first-order valence-corrected chi connectivity index (χ1v) is 4.14. The molecule has 0 spiro atoms. The molecule has 0 aliphatic heterocycles. The van der Waals surface area contributed by atoms with Gasteiger partial charge in [-0.15, -0.1) is 0 Å². The number of phenols is 1. The van der Waals surface area contributed by atoms with Gasteiger partial charge in [0, 0.05) is 4.47 Å². The van der Waals surface area contributed by atoms with E-state index in [2.05, 4.69) is 31.9 Å². The fraction of sp³-hybridized carbons (Fsp3) is 0. The van der Waals surface area contributed by atoms with Crippen molar-refractivity contribution in [3.63, 3.8) is 0 Å². The first-order chi connectivity index (χ1) is 4.63. The Kier molecular flexibility index (Phi) is 2.21. The molecule has 0 unspecified atom stereocenters. The molecule has 1 aromatic rings. The molecule has 0 amide bonds. The second kappa shape index (κ2) is 2.80. The molecule has 0 fully saturated rings. The summed E-state index contributed by atoms with van der Waals surface area (Å²) >= 11 is 6.44. The fourth-order valence-corrected chi connectivity index (χ4v) is 1.24. The molecule has 4 heteroatoms. The number of hydrogen-bond acceptors (Lipinski definition) is 2. The van der Waals surface area contributed by atoms with Crippen molar-refractivity contribution in [3.8, 4) is 5.75 Å². The van der Waals surface area contributed by atoms with Crippen LogP contribution in [0.1, 0.15) is 0 Å². The van der Waals surface area contributed by atoms with Crippen LogP contribution in [-0.4, -0.2) is 5.11 Å². The minimum Gasteiger partial charge on any atom is -0.506 e. The van der Waals surface area contributed by atoms with E-state index in [4.69, 9.17) is 10.8 Å². The summed E-state index contributed by atoms with van der Waals surface area (Å²) in [7, 11) is 0. The van der Waals surface area contributed by atoms with Gasteiger partial charge in [-0.1, -0.05) is 0 Å². The zero-order valence-electron chi connectivity index (χ0n) is 4.94. The Hall–Kier alpha value is -0.220. The van der Waals surface area contributed by atoms with Crippen LogP contribution in [0, 0.1) is 0 Å². The molecule has 0 radical (unpaired) electrons. The van der Waals surface area contributed by atoms with Crippen LogP contribution in [0.5, 0.6) is 5.75 Å². The average Bonchev–Trinajstić information content (AvgIpc) is 1.93. The van der Waals surface area contributed by atoms with Crippen LogP contribution in [0.15, 0.2) is 21.1 Å². The molecular formula is C6H5Br2NO. The van der Waals surface area contributed by atoms with E-state index in [0.29, 0.717) is 10.2 Å². The van der Waals surface area contributed by atoms with E-state index in [-0.39, 0.29) is 5.75 Å². The molecule has 0 aromatic heterocycles. The highest BCUT2D eigenvalue weighted by Gasteiger charge is 2.03. The molecule has 0 bridgehead atoms. The monoisotopic (exact) mass is 265 g/mol. The number of nitrogens with two attached hydrogens (primary N) is 1. The van der Waals surface area contributed by atoms with Gasteiger partial charge >= 0.3 is 0 Å². The Morgan fingerprint density at radius 3 is 2.40 bits per heavy atom. The van der Waals surface area contributed by atoms with Crippen LogP contribution >= 0.6 is 31.9 Å². The molecule has 0 heterocycles. The van der Waals surface area contributed by atoms with E-state index in [1.54, 1.807) is 6.07 Å². The van der Waals surface area contributed by atoms with E-state index in [1.807, 2.05) is 0 Å². The van der Waals surface area contributed by atoms with Crippen molar-refractivity contribution in [1.82, 2.24) is 0 Å². The molecule has 0 saturated carbocycles. The number of benzene rings is 1. The van der Waals surface area contributed by atoms with Gasteiger partial charge in [0.05, 0.1) is 10.2 Å². The standard InChI is InChI=1S/C6H5Br2NO/c7-3-1-2-4(10)6(9)5(3)8/h1-2,10H,9H2. The molecule has 0 saturated heterocycles. The number of hydrogen-bond donors (Lipinski definition) is 2. The number of nitrogen functional groups attached to an aromatic ring is 1. The zero-order chi connectivity index (χ0) is 7.72. The van der Waals surface area contributed by atoms with Crippen molar-refractivity contribution in [3.05, 3.63) is 21.1 Å². The Balaban J connectivity index is 3.34. The topological polar surface area (TPSA) is 46.2 Å². The molecule has 0 atom stereocenters. The minimum atomic E-state index is 0.0927. The van der Waals surface area contributed by atoms with Gasteiger partial charge < -0.3 is 10.8 Å². The van der Waals surface area contributed by atoms with Gasteiger partial charge in [-0.25, -0.2) is 0 Å². The maximum absolute atomic E-state index is 9.05. The van der Waals surface area contributed by atoms with Crippen LogP contribution in [0.3, 0.4) is 0 Å². The Morgan fingerprint density at radius 1 is 1.30 bits per heavy atom. The number of rotatable bonds is 0. The molecular weight excluding hydrogens is 262 g/mol. The lowest BCUT2D eigenvalue weighted by molar-refractivity contribution is 0.477. The summed E-state index contributed by atoms with van der Waals surface area (Å²) in [5.74, 6) is 0.0927. The minimum absolute atomic E-state index is 0.0927. The van der Waals surface area contributed by atoms with E-state index >= 15 is 0 Å². The highest BCUT2D eigenvalue weighted by atomic mass is 79.9. The zero-order valence-corrected chi connectivity index (χ0v) is 8.11. The third-order valence-corrected chi connectivity index (χ3v) is 3.16. The van der Waals surface area contributed by atoms with Gasteiger partial charge in [0.1, 0.15) is 5.75 Å². The first-order valence-electron chi connectivity index (χ1n) is 2.55. The van der Waals surface area contributed by atoms with Crippen LogP contribution in [-0.2, 0) is 0 Å². The van der Waals surface area contributed by atoms with Crippen molar-refractivity contribution in [2.45, 2.75) is 0 Å². The van der Waals surface area contributed by atoms with Gasteiger partial charge in [-0.2, -0.15) is 0 Å². The fourth-order valence-electron chi connectivity index (χ4n) is 0.556. The maximum Gasteiger partial charge on any atom is 0.139 e. The van der Waals surface area contributed by atoms with Crippen molar-refractivity contribution in [2.75, 3.05) is 5.73 Å². The molecule has 1 aromatic carbocycles. The molecule has 3 N–H and O–H groups in total. The van der Waals surface area contributed by atoms with E-state index in [9.17, 15) is 0 Å². The summed E-state index contributed by atoms with van der Waals surface area (Å²) in [5, 5.41) is 9.05. The molecule has 0 aliphatic rings. The lowest BCUT2D eigenvalue weighted by atomic mass is 10.3. The third kappa shape index (κ3) is 1.27. The quantitative estimate of drug-likeness (QED) is 0.560. The number of anilines is 1. The highest BCUT2D eigenvalue weighted by Crippen LogP contribution is 2.34. The van der Waals surface area contributed by atoms with Gasteiger partial charge in [0.2, 0.25) is 0 Å². The normalized spacial score (nSPS) is 9.80.